The molecule has 5 heteroatoms. The van der Waals surface area contributed by atoms with Gasteiger partial charge in [0.15, 0.2) is 0 Å². The Balaban J connectivity index is 1.94. The third kappa shape index (κ3) is 2.71. The minimum Gasteiger partial charge on any atom is -0.444 e. The Bertz CT molecular complexity index is 314. The summed E-state index contributed by atoms with van der Waals surface area (Å²) in [5, 5.41) is 0.269. The van der Waals surface area contributed by atoms with Crippen molar-refractivity contribution in [1.82, 2.24) is 9.80 Å². The lowest BCUT2D eigenvalue weighted by Gasteiger charge is -2.36. The summed E-state index contributed by atoms with van der Waals surface area (Å²) in [5.41, 5.74) is -0.407. The molecule has 0 spiro atoms. The molecular formula is C12H22N2O2S. The van der Waals surface area contributed by atoms with E-state index in [1.54, 1.807) is 0 Å². The van der Waals surface area contributed by atoms with Crippen LogP contribution in [0, 0.1) is 0 Å². The first kappa shape index (κ1) is 13.0. The molecule has 98 valence electrons. The zero-order valence-electron chi connectivity index (χ0n) is 11.0. The van der Waals surface area contributed by atoms with Crippen LogP contribution in [0.4, 0.5) is 4.79 Å². The van der Waals surface area contributed by atoms with E-state index in [0.717, 1.165) is 19.5 Å². The molecule has 0 saturated carbocycles. The molecule has 2 rings (SSSR count). The van der Waals surface area contributed by atoms with E-state index in [9.17, 15) is 4.79 Å². The highest BCUT2D eigenvalue weighted by Gasteiger charge is 2.47. The van der Waals surface area contributed by atoms with Crippen molar-refractivity contribution >= 4 is 18.7 Å². The second-order valence-corrected chi connectivity index (χ2v) is 6.75. The maximum Gasteiger partial charge on any atom is 0.410 e. The second kappa shape index (κ2) is 4.35. The van der Waals surface area contributed by atoms with E-state index >= 15 is 0 Å². The fourth-order valence-electron chi connectivity index (χ4n) is 2.70. The van der Waals surface area contributed by atoms with Crippen LogP contribution in [0.15, 0.2) is 0 Å². The van der Waals surface area contributed by atoms with E-state index in [1.807, 2.05) is 25.7 Å². The highest BCUT2D eigenvalue weighted by atomic mass is 32.1. The SMILES string of the molecule is CC(S)N1CC2CC1CN2C(=O)OC(C)(C)C. The number of piperazine rings is 1. The smallest absolute Gasteiger partial charge is 0.410 e. The molecule has 0 N–H and O–H groups in total. The highest BCUT2D eigenvalue weighted by molar-refractivity contribution is 7.80. The zero-order chi connectivity index (χ0) is 12.8. The van der Waals surface area contributed by atoms with Crippen LogP contribution in [-0.4, -0.2) is 52.0 Å². The standard InChI is InChI=1S/C12H22N2O2S/c1-8(17)13-6-10-5-9(13)7-14(10)11(15)16-12(2,3)4/h8-10,17H,5-7H2,1-4H3. The van der Waals surface area contributed by atoms with E-state index in [-0.39, 0.29) is 11.5 Å². The first-order valence-corrected chi connectivity index (χ1v) is 6.73. The van der Waals surface area contributed by atoms with Gasteiger partial charge in [-0.1, -0.05) is 0 Å². The van der Waals surface area contributed by atoms with Gasteiger partial charge in [-0.25, -0.2) is 4.79 Å². The Morgan fingerprint density at radius 2 is 2.00 bits per heavy atom. The molecule has 2 fully saturated rings. The average molecular weight is 258 g/mol. The fraction of sp³-hybridized carbons (Fsp3) is 0.917. The van der Waals surface area contributed by atoms with Crippen LogP contribution in [0.2, 0.25) is 0 Å². The van der Waals surface area contributed by atoms with Crippen molar-refractivity contribution in [3.8, 4) is 0 Å². The Kier molecular flexibility index (Phi) is 3.34. The van der Waals surface area contributed by atoms with Crippen molar-refractivity contribution < 1.29 is 9.53 Å². The average Bonchev–Trinajstić information content (AvgIpc) is 2.72. The molecule has 0 aromatic heterocycles. The largest absolute Gasteiger partial charge is 0.444 e. The summed E-state index contributed by atoms with van der Waals surface area (Å²) in [6.45, 7) is 9.50. The molecule has 2 heterocycles. The van der Waals surface area contributed by atoms with Gasteiger partial charge < -0.3 is 9.64 Å². The zero-order valence-corrected chi connectivity index (χ0v) is 11.9. The number of nitrogens with zero attached hydrogens (tertiary/aromatic N) is 2. The number of fused-ring (bicyclic) bond motifs is 2. The first-order chi connectivity index (χ1) is 7.78. The predicted octanol–water partition coefficient (Wildman–Crippen LogP) is 1.96. The summed E-state index contributed by atoms with van der Waals surface area (Å²) >= 11 is 4.47. The maximum atomic E-state index is 12.0. The molecule has 3 unspecified atom stereocenters. The van der Waals surface area contributed by atoms with Crippen molar-refractivity contribution in [2.24, 2.45) is 0 Å². The van der Waals surface area contributed by atoms with Gasteiger partial charge in [0.2, 0.25) is 0 Å². The number of carbonyl (C=O) groups is 1. The molecule has 0 aromatic rings. The van der Waals surface area contributed by atoms with Gasteiger partial charge in [-0.05, 0) is 34.1 Å². The van der Waals surface area contributed by atoms with Crippen LogP contribution in [0.25, 0.3) is 0 Å². The lowest BCUT2D eigenvalue weighted by atomic mass is 10.2. The molecule has 0 radical (unpaired) electrons. The number of hydrogen-bond donors (Lipinski definition) is 1. The van der Waals surface area contributed by atoms with Crippen LogP contribution in [0.3, 0.4) is 0 Å². The summed E-state index contributed by atoms with van der Waals surface area (Å²) in [7, 11) is 0. The molecular weight excluding hydrogens is 236 g/mol. The topological polar surface area (TPSA) is 32.8 Å². The number of thiol groups is 1. The molecule has 4 nitrogen and oxygen atoms in total. The minimum absolute atomic E-state index is 0.170. The van der Waals surface area contributed by atoms with Gasteiger partial charge in [0, 0.05) is 25.2 Å². The first-order valence-electron chi connectivity index (χ1n) is 6.21. The summed E-state index contributed by atoms with van der Waals surface area (Å²) < 4.78 is 5.42. The monoisotopic (exact) mass is 258 g/mol. The predicted molar refractivity (Wildman–Crippen MR) is 70.3 cm³/mol. The molecule has 2 bridgehead atoms. The van der Waals surface area contributed by atoms with Gasteiger partial charge in [0.25, 0.3) is 0 Å². The second-order valence-electron chi connectivity index (χ2n) is 6.00. The third-order valence-corrected chi connectivity index (χ3v) is 3.69. The van der Waals surface area contributed by atoms with Crippen molar-refractivity contribution in [3.05, 3.63) is 0 Å². The molecule has 2 aliphatic rings. The number of amides is 1. The van der Waals surface area contributed by atoms with Gasteiger partial charge in [-0.15, -0.1) is 0 Å². The number of hydrogen-bond acceptors (Lipinski definition) is 4. The fourth-order valence-corrected chi connectivity index (χ4v) is 2.98. The van der Waals surface area contributed by atoms with E-state index < -0.39 is 5.60 Å². The lowest BCUT2D eigenvalue weighted by Crippen LogP contribution is -2.51. The van der Waals surface area contributed by atoms with Crippen LogP contribution >= 0.6 is 12.6 Å². The summed E-state index contributed by atoms with van der Waals surface area (Å²) in [6, 6.07) is 0.768. The molecule has 2 saturated heterocycles. The Morgan fingerprint density at radius 3 is 2.41 bits per heavy atom. The lowest BCUT2D eigenvalue weighted by molar-refractivity contribution is 0.0125. The minimum atomic E-state index is -0.407. The highest BCUT2D eigenvalue weighted by Crippen LogP contribution is 2.33. The van der Waals surface area contributed by atoms with Crippen LogP contribution in [-0.2, 0) is 4.74 Å². The maximum absolute atomic E-state index is 12.0. The van der Waals surface area contributed by atoms with E-state index in [1.165, 1.54) is 0 Å². The Labute approximate surface area is 109 Å². The quantitative estimate of drug-likeness (QED) is 0.730. The van der Waals surface area contributed by atoms with Gasteiger partial charge in [-0.3, -0.25) is 4.90 Å². The number of likely N-dealkylation sites (tertiary alicyclic amines) is 2. The van der Waals surface area contributed by atoms with E-state index in [2.05, 4.69) is 24.5 Å². The van der Waals surface area contributed by atoms with Gasteiger partial charge in [-0.2, -0.15) is 12.6 Å². The van der Waals surface area contributed by atoms with Crippen molar-refractivity contribution in [3.63, 3.8) is 0 Å². The Morgan fingerprint density at radius 1 is 1.35 bits per heavy atom. The molecule has 17 heavy (non-hydrogen) atoms. The van der Waals surface area contributed by atoms with Crippen LogP contribution in [0.1, 0.15) is 34.1 Å². The Hall–Kier alpha value is -0.420. The summed E-state index contributed by atoms with van der Waals surface area (Å²) in [6.07, 6.45) is 0.890. The number of ether oxygens (including phenoxy) is 1. The molecule has 1 amide bonds. The third-order valence-electron chi connectivity index (χ3n) is 3.39. The summed E-state index contributed by atoms with van der Waals surface area (Å²) in [5.74, 6) is 0. The van der Waals surface area contributed by atoms with E-state index in [4.69, 9.17) is 4.74 Å². The number of rotatable bonds is 1. The van der Waals surface area contributed by atoms with Crippen molar-refractivity contribution in [1.29, 1.82) is 0 Å². The van der Waals surface area contributed by atoms with Gasteiger partial charge >= 0.3 is 6.09 Å². The summed E-state index contributed by atoms with van der Waals surface area (Å²) in [4.78, 5) is 16.2. The van der Waals surface area contributed by atoms with Gasteiger partial charge in [0.05, 0.1) is 5.37 Å². The van der Waals surface area contributed by atoms with E-state index in [0.29, 0.717) is 12.1 Å². The van der Waals surface area contributed by atoms with Crippen molar-refractivity contribution in [2.45, 2.75) is 57.2 Å². The van der Waals surface area contributed by atoms with Gasteiger partial charge in [0.1, 0.15) is 5.60 Å². The number of carbonyl (C=O) groups excluding carboxylic acids is 1. The molecule has 2 aliphatic heterocycles. The molecule has 3 atom stereocenters. The molecule has 0 aliphatic carbocycles. The normalized spacial score (nSPS) is 30.8. The van der Waals surface area contributed by atoms with Crippen LogP contribution < -0.4 is 0 Å². The van der Waals surface area contributed by atoms with Crippen molar-refractivity contribution in [2.75, 3.05) is 13.1 Å². The molecule has 0 aromatic carbocycles. The van der Waals surface area contributed by atoms with Crippen LogP contribution in [0.5, 0.6) is 0 Å².